The largest absolute Gasteiger partial charge is 0.297 e. The fourth-order valence-corrected chi connectivity index (χ4v) is 3.12. The lowest BCUT2D eigenvalue weighted by Crippen LogP contribution is -2.22. The highest BCUT2D eigenvalue weighted by molar-refractivity contribution is 6.31. The highest BCUT2D eigenvalue weighted by Crippen LogP contribution is 2.25. The number of hydrogen-bond donors (Lipinski definition) is 0. The van der Waals surface area contributed by atoms with Crippen LogP contribution in [-0.4, -0.2) is 32.8 Å². The van der Waals surface area contributed by atoms with Crippen LogP contribution >= 0.6 is 11.6 Å². The smallest absolute Gasteiger partial charge is 0.0661 e. The standard InChI is InChI=1S/C15H19ClN4/c1-11-7-12(2)20(18-11)14-4-6-19(10-14)9-13-3-5-17-8-15(13)16/h3,5,7-8,14H,4,6,9-10H2,1-2H3/t14-/m0/s1. The normalized spacial score (nSPS) is 19.6. The molecular formula is C15H19ClN4. The van der Waals surface area contributed by atoms with Crippen molar-refractivity contribution in [3.05, 3.63) is 46.5 Å². The maximum Gasteiger partial charge on any atom is 0.0661 e. The van der Waals surface area contributed by atoms with Crippen LogP contribution in [0.15, 0.2) is 24.5 Å². The number of nitrogens with zero attached hydrogens (tertiary/aromatic N) is 4. The molecule has 0 N–H and O–H groups in total. The molecule has 20 heavy (non-hydrogen) atoms. The van der Waals surface area contributed by atoms with Gasteiger partial charge in [-0.05, 0) is 38.0 Å². The molecule has 2 aromatic rings. The van der Waals surface area contributed by atoms with Gasteiger partial charge in [0.1, 0.15) is 0 Å². The molecule has 0 spiro atoms. The summed E-state index contributed by atoms with van der Waals surface area (Å²) >= 11 is 6.18. The monoisotopic (exact) mass is 290 g/mol. The number of likely N-dealkylation sites (tertiary alicyclic amines) is 1. The van der Waals surface area contributed by atoms with Crippen LogP contribution in [0.4, 0.5) is 0 Å². The van der Waals surface area contributed by atoms with Gasteiger partial charge in [0.25, 0.3) is 0 Å². The molecule has 106 valence electrons. The molecule has 0 aliphatic carbocycles. The second-order valence-electron chi connectivity index (χ2n) is 5.52. The third-order valence-corrected chi connectivity index (χ3v) is 4.23. The van der Waals surface area contributed by atoms with Crippen LogP contribution in [0, 0.1) is 13.8 Å². The van der Waals surface area contributed by atoms with Crippen molar-refractivity contribution < 1.29 is 0 Å². The minimum atomic E-state index is 0.476. The first-order valence-corrected chi connectivity index (χ1v) is 7.35. The quantitative estimate of drug-likeness (QED) is 0.871. The van der Waals surface area contributed by atoms with E-state index >= 15 is 0 Å². The SMILES string of the molecule is Cc1cc(C)n([C@H]2CCN(Cc3ccncc3Cl)C2)n1. The molecule has 1 saturated heterocycles. The number of hydrogen-bond acceptors (Lipinski definition) is 3. The lowest BCUT2D eigenvalue weighted by Gasteiger charge is -2.17. The fourth-order valence-electron chi connectivity index (χ4n) is 2.94. The highest BCUT2D eigenvalue weighted by Gasteiger charge is 2.25. The van der Waals surface area contributed by atoms with Crippen molar-refractivity contribution in [2.45, 2.75) is 32.9 Å². The Morgan fingerprint density at radius 3 is 2.95 bits per heavy atom. The molecular weight excluding hydrogens is 272 g/mol. The van der Waals surface area contributed by atoms with Gasteiger partial charge in [0, 0.05) is 37.7 Å². The second-order valence-corrected chi connectivity index (χ2v) is 5.92. The minimum absolute atomic E-state index is 0.476. The van der Waals surface area contributed by atoms with Crippen LogP contribution in [0.5, 0.6) is 0 Å². The van der Waals surface area contributed by atoms with Crippen LogP contribution < -0.4 is 0 Å². The van der Waals surface area contributed by atoms with Gasteiger partial charge in [-0.25, -0.2) is 0 Å². The van der Waals surface area contributed by atoms with Gasteiger partial charge in [-0.3, -0.25) is 14.6 Å². The summed E-state index contributed by atoms with van der Waals surface area (Å²) in [6.45, 7) is 7.18. The summed E-state index contributed by atoms with van der Waals surface area (Å²) < 4.78 is 2.17. The van der Waals surface area contributed by atoms with Gasteiger partial charge in [0.05, 0.1) is 16.8 Å². The zero-order chi connectivity index (χ0) is 14.1. The van der Waals surface area contributed by atoms with E-state index in [0.29, 0.717) is 6.04 Å². The van der Waals surface area contributed by atoms with Crippen molar-refractivity contribution in [1.29, 1.82) is 0 Å². The summed E-state index contributed by atoms with van der Waals surface area (Å²) in [5.41, 5.74) is 3.49. The Labute approximate surface area is 124 Å². The molecule has 1 atom stereocenters. The van der Waals surface area contributed by atoms with Gasteiger partial charge in [-0.2, -0.15) is 5.10 Å². The summed E-state index contributed by atoms with van der Waals surface area (Å²) in [4.78, 5) is 6.46. The summed E-state index contributed by atoms with van der Waals surface area (Å²) in [6.07, 6.45) is 4.66. The van der Waals surface area contributed by atoms with Crippen LogP contribution in [0.25, 0.3) is 0 Å². The van der Waals surface area contributed by atoms with Crippen molar-refractivity contribution in [2.24, 2.45) is 0 Å². The lowest BCUT2D eigenvalue weighted by atomic mass is 10.2. The van der Waals surface area contributed by atoms with Crippen LogP contribution in [0.2, 0.25) is 5.02 Å². The molecule has 1 aliphatic heterocycles. The zero-order valence-corrected chi connectivity index (χ0v) is 12.6. The third-order valence-electron chi connectivity index (χ3n) is 3.89. The molecule has 3 heterocycles. The molecule has 0 bridgehead atoms. The molecule has 1 aliphatic rings. The van der Waals surface area contributed by atoms with Crippen molar-refractivity contribution in [3.8, 4) is 0 Å². The van der Waals surface area contributed by atoms with Gasteiger partial charge >= 0.3 is 0 Å². The Balaban J connectivity index is 1.68. The van der Waals surface area contributed by atoms with E-state index < -0.39 is 0 Å². The van der Waals surface area contributed by atoms with Crippen LogP contribution in [0.1, 0.15) is 29.4 Å². The summed E-state index contributed by atoms with van der Waals surface area (Å²) in [7, 11) is 0. The average molecular weight is 291 g/mol. The van der Waals surface area contributed by atoms with E-state index in [0.717, 1.165) is 42.3 Å². The average Bonchev–Trinajstić information content (AvgIpc) is 2.99. The molecule has 0 radical (unpaired) electrons. The molecule has 2 aromatic heterocycles. The maximum atomic E-state index is 6.18. The van der Waals surface area contributed by atoms with Crippen molar-refractivity contribution in [3.63, 3.8) is 0 Å². The van der Waals surface area contributed by atoms with Crippen molar-refractivity contribution in [1.82, 2.24) is 19.7 Å². The molecule has 0 unspecified atom stereocenters. The van der Waals surface area contributed by atoms with E-state index in [1.165, 1.54) is 5.69 Å². The van der Waals surface area contributed by atoms with E-state index in [1.807, 2.05) is 13.0 Å². The third kappa shape index (κ3) is 2.72. The van der Waals surface area contributed by atoms with E-state index in [-0.39, 0.29) is 0 Å². The number of pyridine rings is 1. The van der Waals surface area contributed by atoms with E-state index in [9.17, 15) is 0 Å². The van der Waals surface area contributed by atoms with Crippen LogP contribution in [0.3, 0.4) is 0 Å². The van der Waals surface area contributed by atoms with Crippen molar-refractivity contribution >= 4 is 11.6 Å². The molecule has 0 amide bonds. The van der Waals surface area contributed by atoms with E-state index in [1.54, 1.807) is 12.4 Å². The predicted octanol–water partition coefficient (Wildman–Crippen LogP) is 3.00. The van der Waals surface area contributed by atoms with Gasteiger partial charge in [0.2, 0.25) is 0 Å². The van der Waals surface area contributed by atoms with Gasteiger partial charge < -0.3 is 0 Å². The first-order chi connectivity index (χ1) is 9.63. The lowest BCUT2D eigenvalue weighted by molar-refractivity contribution is 0.310. The minimum Gasteiger partial charge on any atom is -0.297 e. The first-order valence-electron chi connectivity index (χ1n) is 6.97. The Morgan fingerprint density at radius 1 is 1.40 bits per heavy atom. The second kappa shape index (κ2) is 5.54. The molecule has 0 aromatic carbocycles. The molecule has 1 fully saturated rings. The molecule has 5 heteroatoms. The van der Waals surface area contributed by atoms with Gasteiger partial charge in [0.15, 0.2) is 0 Å². The fraction of sp³-hybridized carbons (Fsp3) is 0.467. The summed E-state index contributed by atoms with van der Waals surface area (Å²) in [5, 5.41) is 5.36. The molecule has 3 rings (SSSR count). The Bertz CT molecular complexity index is 608. The first kappa shape index (κ1) is 13.6. The summed E-state index contributed by atoms with van der Waals surface area (Å²) in [5.74, 6) is 0. The van der Waals surface area contributed by atoms with Gasteiger partial charge in [-0.1, -0.05) is 11.6 Å². The van der Waals surface area contributed by atoms with E-state index in [4.69, 9.17) is 11.6 Å². The highest BCUT2D eigenvalue weighted by atomic mass is 35.5. The van der Waals surface area contributed by atoms with Crippen LogP contribution in [-0.2, 0) is 6.54 Å². The molecule has 4 nitrogen and oxygen atoms in total. The number of aromatic nitrogens is 3. The maximum absolute atomic E-state index is 6.18. The van der Waals surface area contributed by atoms with E-state index in [2.05, 4.69) is 32.7 Å². The predicted molar refractivity (Wildman–Crippen MR) is 79.9 cm³/mol. The Hall–Kier alpha value is -1.39. The number of rotatable bonds is 3. The number of halogens is 1. The molecule has 0 saturated carbocycles. The van der Waals surface area contributed by atoms with Crippen molar-refractivity contribution in [2.75, 3.05) is 13.1 Å². The zero-order valence-electron chi connectivity index (χ0n) is 11.9. The Morgan fingerprint density at radius 2 is 2.25 bits per heavy atom. The number of aryl methyl sites for hydroxylation is 2. The summed E-state index contributed by atoms with van der Waals surface area (Å²) in [6, 6.07) is 4.62. The topological polar surface area (TPSA) is 34.0 Å². The van der Waals surface area contributed by atoms with Gasteiger partial charge in [-0.15, -0.1) is 0 Å². The Kier molecular flexibility index (Phi) is 3.76.